The summed E-state index contributed by atoms with van der Waals surface area (Å²) in [5.41, 5.74) is 0. The number of carbonyl (C=O) groups excluding carboxylic acids is 2. The molecule has 32 heavy (non-hydrogen) atoms. The van der Waals surface area contributed by atoms with Gasteiger partial charge in [-0.15, -0.1) is 6.42 Å². The third-order valence-corrected chi connectivity index (χ3v) is 5.19. The summed E-state index contributed by atoms with van der Waals surface area (Å²) in [6.07, 6.45) is -7.56. The van der Waals surface area contributed by atoms with E-state index in [9.17, 15) is 30.0 Å². The predicted octanol–water partition coefficient (Wildman–Crippen LogP) is -4.19. The van der Waals surface area contributed by atoms with Gasteiger partial charge in [0.05, 0.1) is 13.2 Å². The molecule has 0 aromatic heterocycles. The van der Waals surface area contributed by atoms with E-state index < -0.39 is 79.8 Å². The summed E-state index contributed by atoms with van der Waals surface area (Å²) >= 11 is 0. The number of hydrogen-bond donors (Lipinski definition) is 6. The van der Waals surface area contributed by atoms with Gasteiger partial charge in [-0.3, -0.25) is 9.59 Å². The fourth-order valence-corrected chi connectivity index (χ4v) is 3.64. The lowest BCUT2D eigenvalue weighted by Crippen LogP contribution is -2.68. The number of amides is 2. The van der Waals surface area contributed by atoms with Gasteiger partial charge in [0.1, 0.15) is 42.7 Å². The van der Waals surface area contributed by atoms with Gasteiger partial charge < -0.3 is 54.7 Å². The van der Waals surface area contributed by atoms with Crippen molar-refractivity contribution in [3.05, 3.63) is 0 Å². The van der Waals surface area contributed by atoms with Crippen LogP contribution in [-0.2, 0) is 33.3 Å². The normalized spacial score (nSPS) is 39.7. The number of methoxy groups -OCH3 is 2. The highest BCUT2D eigenvalue weighted by atomic mass is 16.7. The molecule has 0 bridgehead atoms. The number of carbonyl (C=O) groups is 2. The Morgan fingerprint density at radius 3 is 2.25 bits per heavy atom. The standard InChI is InChI=1S/C19H30N2O11/c1-5-6-20-17(27)16-15(28-3)12(25)13(26)19(32-16)31-14-10(21-8(2)23)18(29-4)30-9(7-22)11(14)24/h1,9-16,18-19,22,24-26H,6-7H2,2-4H3,(H,20,27)(H,21,23)/t9?,10?,11-,12-,13?,14-,15+,16?,18-,19-/m1/s1. The van der Waals surface area contributed by atoms with Crippen LogP contribution in [0.3, 0.4) is 0 Å². The summed E-state index contributed by atoms with van der Waals surface area (Å²) in [5.74, 6) is 1.00. The second kappa shape index (κ2) is 11.8. The minimum Gasteiger partial charge on any atom is -0.394 e. The summed E-state index contributed by atoms with van der Waals surface area (Å²) in [4.78, 5) is 24.1. The first-order chi connectivity index (χ1) is 15.2. The quantitative estimate of drug-likeness (QED) is 0.192. The highest BCUT2D eigenvalue weighted by molar-refractivity contribution is 5.82. The first-order valence-corrected chi connectivity index (χ1v) is 9.85. The molecule has 4 unspecified atom stereocenters. The highest BCUT2D eigenvalue weighted by Gasteiger charge is 2.53. The van der Waals surface area contributed by atoms with Crippen molar-refractivity contribution in [2.24, 2.45) is 0 Å². The van der Waals surface area contributed by atoms with E-state index in [1.807, 2.05) is 0 Å². The lowest BCUT2D eigenvalue weighted by Gasteiger charge is -2.47. The molecule has 10 atom stereocenters. The van der Waals surface area contributed by atoms with Crippen LogP contribution in [0.4, 0.5) is 0 Å². The molecule has 182 valence electrons. The molecular weight excluding hydrogens is 432 g/mol. The van der Waals surface area contributed by atoms with E-state index in [4.69, 9.17) is 30.1 Å². The molecule has 2 amide bonds. The van der Waals surface area contributed by atoms with Crippen molar-refractivity contribution in [2.75, 3.05) is 27.4 Å². The zero-order chi connectivity index (χ0) is 24.0. The van der Waals surface area contributed by atoms with Crippen molar-refractivity contribution in [3.63, 3.8) is 0 Å². The minimum absolute atomic E-state index is 0.115. The Hall–Kier alpha value is -1.86. The van der Waals surface area contributed by atoms with Gasteiger partial charge in [0.25, 0.3) is 5.91 Å². The van der Waals surface area contributed by atoms with E-state index in [2.05, 4.69) is 16.6 Å². The molecule has 2 saturated heterocycles. The van der Waals surface area contributed by atoms with Crippen molar-refractivity contribution in [3.8, 4) is 12.3 Å². The zero-order valence-electron chi connectivity index (χ0n) is 17.9. The van der Waals surface area contributed by atoms with Crippen molar-refractivity contribution in [2.45, 2.75) is 68.3 Å². The van der Waals surface area contributed by atoms with Crippen LogP contribution in [-0.4, -0.2) is 121 Å². The third kappa shape index (κ3) is 5.73. The fraction of sp³-hybridized carbons (Fsp3) is 0.789. The maximum atomic E-state index is 12.4. The number of rotatable bonds is 8. The first-order valence-electron chi connectivity index (χ1n) is 9.85. The number of terminal acetylenes is 1. The maximum Gasteiger partial charge on any atom is 0.252 e. The molecule has 2 fully saturated rings. The van der Waals surface area contributed by atoms with Gasteiger partial charge in [-0.05, 0) is 0 Å². The monoisotopic (exact) mass is 462 g/mol. The molecule has 0 aromatic rings. The average Bonchev–Trinajstić information content (AvgIpc) is 2.77. The van der Waals surface area contributed by atoms with E-state index in [1.165, 1.54) is 21.1 Å². The highest BCUT2D eigenvalue weighted by Crippen LogP contribution is 2.30. The van der Waals surface area contributed by atoms with E-state index in [0.717, 1.165) is 0 Å². The van der Waals surface area contributed by atoms with Crippen LogP contribution < -0.4 is 10.6 Å². The van der Waals surface area contributed by atoms with Gasteiger partial charge in [-0.2, -0.15) is 0 Å². The van der Waals surface area contributed by atoms with Gasteiger partial charge in [0.2, 0.25) is 5.91 Å². The zero-order valence-corrected chi connectivity index (χ0v) is 17.9. The molecule has 13 nitrogen and oxygen atoms in total. The topological polar surface area (TPSA) is 185 Å². The Morgan fingerprint density at radius 2 is 1.72 bits per heavy atom. The molecule has 2 aliphatic rings. The van der Waals surface area contributed by atoms with E-state index in [0.29, 0.717) is 0 Å². The molecule has 0 radical (unpaired) electrons. The van der Waals surface area contributed by atoms with Crippen LogP contribution in [0, 0.1) is 12.3 Å². The molecule has 6 N–H and O–H groups in total. The number of aliphatic hydroxyl groups is 4. The number of nitrogens with one attached hydrogen (secondary N) is 2. The molecule has 2 rings (SSSR count). The molecule has 0 aliphatic carbocycles. The lowest BCUT2D eigenvalue weighted by atomic mass is 9.95. The fourth-order valence-electron chi connectivity index (χ4n) is 3.64. The first kappa shape index (κ1) is 26.4. The smallest absolute Gasteiger partial charge is 0.252 e. The second-order valence-corrected chi connectivity index (χ2v) is 7.31. The molecule has 0 aromatic carbocycles. The molecule has 2 aliphatic heterocycles. The predicted molar refractivity (Wildman–Crippen MR) is 105 cm³/mol. The Balaban J connectivity index is 2.30. The largest absolute Gasteiger partial charge is 0.394 e. The number of aliphatic hydroxyl groups excluding tert-OH is 4. The van der Waals surface area contributed by atoms with E-state index in [-0.39, 0.29) is 6.54 Å². The van der Waals surface area contributed by atoms with Crippen LogP contribution in [0.15, 0.2) is 0 Å². The molecule has 0 saturated carbocycles. The van der Waals surface area contributed by atoms with Crippen molar-refractivity contribution in [1.29, 1.82) is 0 Å². The average molecular weight is 462 g/mol. The van der Waals surface area contributed by atoms with Crippen LogP contribution in [0.1, 0.15) is 6.92 Å². The van der Waals surface area contributed by atoms with E-state index >= 15 is 0 Å². The SMILES string of the molecule is C#CCNC(=O)C1O[C@@H](O[C@@H]2C(NC(C)=O)[C@H](OC)OC(CO)[C@H]2O)C(O)[C@@H](O)[C@@H]1OC. The Kier molecular flexibility index (Phi) is 9.77. The lowest BCUT2D eigenvalue weighted by molar-refractivity contribution is -0.338. The minimum atomic E-state index is -1.70. The molecule has 13 heteroatoms. The van der Waals surface area contributed by atoms with Crippen LogP contribution >= 0.6 is 0 Å². The third-order valence-electron chi connectivity index (χ3n) is 5.19. The van der Waals surface area contributed by atoms with Crippen molar-refractivity contribution < 1.29 is 53.7 Å². The Bertz CT molecular complexity index is 687. The van der Waals surface area contributed by atoms with Gasteiger partial charge in [0.15, 0.2) is 18.7 Å². The van der Waals surface area contributed by atoms with Crippen LogP contribution in [0.2, 0.25) is 0 Å². The maximum absolute atomic E-state index is 12.4. The summed E-state index contributed by atoms with van der Waals surface area (Å²) < 4.78 is 27.1. The van der Waals surface area contributed by atoms with Gasteiger partial charge in [-0.1, -0.05) is 5.92 Å². The number of ether oxygens (including phenoxy) is 5. The van der Waals surface area contributed by atoms with Crippen molar-refractivity contribution in [1.82, 2.24) is 10.6 Å². The second-order valence-electron chi connectivity index (χ2n) is 7.31. The van der Waals surface area contributed by atoms with Crippen molar-refractivity contribution >= 4 is 11.8 Å². The molecule has 0 spiro atoms. The Labute approximate surface area is 184 Å². The summed E-state index contributed by atoms with van der Waals surface area (Å²) in [6.45, 7) is 0.503. The summed E-state index contributed by atoms with van der Waals surface area (Å²) in [7, 11) is 2.50. The summed E-state index contributed by atoms with van der Waals surface area (Å²) in [5, 5.41) is 46.1. The molecule has 2 heterocycles. The van der Waals surface area contributed by atoms with Gasteiger partial charge in [0, 0.05) is 21.1 Å². The van der Waals surface area contributed by atoms with Gasteiger partial charge >= 0.3 is 0 Å². The van der Waals surface area contributed by atoms with Crippen LogP contribution in [0.5, 0.6) is 0 Å². The summed E-state index contributed by atoms with van der Waals surface area (Å²) in [6, 6.07) is -1.09. The number of hydrogen-bond acceptors (Lipinski definition) is 11. The van der Waals surface area contributed by atoms with E-state index in [1.54, 1.807) is 0 Å². The Morgan fingerprint density at radius 1 is 1.03 bits per heavy atom. The van der Waals surface area contributed by atoms with Gasteiger partial charge in [-0.25, -0.2) is 0 Å². The molecular formula is C19H30N2O11. The van der Waals surface area contributed by atoms with Crippen LogP contribution in [0.25, 0.3) is 0 Å².